The number of anilines is 2. The van der Waals surface area contributed by atoms with Gasteiger partial charge in [0, 0.05) is 46.7 Å². The number of para-hydroxylation sites is 2. The Bertz CT molecular complexity index is 1410. The molecule has 5 nitrogen and oxygen atoms in total. The summed E-state index contributed by atoms with van der Waals surface area (Å²) < 4.78 is 1.99. The summed E-state index contributed by atoms with van der Waals surface area (Å²) in [6, 6.07) is 27.1. The van der Waals surface area contributed by atoms with E-state index in [0.717, 1.165) is 28.2 Å². The quantitative estimate of drug-likeness (QED) is 0.430. The Kier molecular flexibility index (Phi) is 4.77. The van der Waals surface area contributed by atoms with Crippen molar-refractivity contribution in [2.45, 2.75) is 6.92 Å². The van der Waals surface area contributed by atoms with Gasteiger partial charge in [-0.25, -0.2) is 4.98 Å². The Hall–Kier alpha value is -4.25. The minimum atomic E-state index is -0.0850. The van der Waals surface area contributed by atoms with E-state index >= 15 is 0 Å². The van der Waals surface area contributed by atoms with E-state index < -0.39 is 0 Å². The van der Waals surface area contributed by atoms with Crippen LogP contribution in [0.15, 0.2) is 102 Å². The van der Waals surface area contributed by atoms with Gasteiger partial charge in [0.25, 0.3) is 0 Å². The molecule has 3 aromatic heterocycles. The van der Waals surface area contributed by atoms with E-state index in [9.17, 15) is 4.79 Å². The molecule has 0 amide bonds. The van der Waals surface area contributed by atoms with Crippen LogP contribution in [0.25, 0.3) is 27.8 Å². The standard InChI is InChI=1S/C26H20N4O/c1-18-22(19-9-8-14-27-17-19)15-23-24(31)16-25(29-20-10-4-2-5-11-20)30(26(23)28-18)21-12-6-3-7-13-21/h2-17,29H,1H3. The predicted octanol–water partition coefficient (Wildman–Crippen LogP) is 5.50. The topological polar surface area (TPSA) is 59.8 Å². The second-order valence-corrected chi connectivity index (χ2v) is 7.29. The van der Waals surface area contributed by atoms with E-state index in [0.29, 0.717) is 16.9 Å². The molecule has 0 atom stereocenters. The molecule has 3 heterocycles. The SMILES string of the molecule is Cc1nc2c(cc1-c1cccnc1)c(=O)cc(Nc1ccccc1)n2-c1ccccc1. The van der Waals surface area contributed by atoms with Crippen LogP contribution in [-0.4, -0.2) is 14.5 Å². The van der Waals surface area contributed by atoms with Crippen molar-refractivity contribution in [3.8, 4) is 16.8 Å². The number of nitrogens with one attached hydrogen (secondary N) is 1. The highest BCUT2D eigenvalue weighted by atomic mass is 16.1. The fourth-order valence-corrected chi connectivity index (χ4v) is 3.74. The van der Waals surface area contributed by atoms with Gasteiger partial charge in [-0.3, -0.25) is 14.3 Å². The van der Waals surface area contributed by atoms with Crippen LogP contribution in [0.5, 0.6) is 0 Å². The molecule has 0 spiro atoms. The van der Waals surface area contributed by atoms with E-state index in [4.69, 9.17) is 4.98 Å². The monoisotopic (exact) mass is 404 g/mol. The molecule has 5 rings (SSSR count). The summed E-state index contributed by atoms with van der Waals surface area (Å²) in [6.07, 6.45) is 3.52. The summed E-state index contributed by atoms with van der Waals surface area (Å²) in [7, 11) is 0. The second-order valence-electron chi connectivity index (χ2n) is 7.29. The van der Waals surface area contributed by atoms with Gasteiger partial charge < -0.3 is 5.32 Å². The summed E-state index contributed by atoms with van der Waals surface area (Å²) in [5.74, 6) is 0.663. The lowest BCUT2D eigenvalue weighted by atomic mass is 10.0. The average molecular weight is 404 g/mol. The zero-order valence-corrected chi connectivity index (χ0v) is 17.0. The van der Waals surface area contributed by atoms with E-state index in [1.165, 1.54) is 0 Å². The van der Waals surface area contributed by atoms with E-state index in [1.807, 2.05) is 90.4 Å². The number of hydrogen-bond acceptors (Lipinski definition) is 4. The molecule has 0 saturated heterocycles. The van der Waals surface area contributed by atoms with Crippen LogP contribution in [0.2, 0.25) is 0 Å². The Balaban J connectivity index is 1.79. The second kappa shape index (κ2) is 7.88. The zero-order chi connectivity index (χ0) is 21.2. The van der Waals surface area contributed by atoms with Crippen LogP contribution in [0.1, 0.15) is 5.69 Å². The first kappa shape index (κ1) is 18.8. The minimum Gasteiger partial charge on any atom is -0.341 e. The Morgan fingerprint density at radius 3 is 2.32 bits per heavy atom. The van der Waals surface area contributed by atoms with Gasteiger partial charge in [0.2, 0.25) is 0 Å². The maximum atomic E-state index is 13.2. The number of aryl methyl sites for hydroxylation is 1. The number of pyridine rings is 3. The predicted molar refractivity (Wildman–Crippen MR) is 125 cm³/mol. The van der Waals surface area contributed by atoms with Crippen LogP contribution in [-0.2, 0) is 0 Å². The molecule has 0 fully saturated rings. The van der Waals surface area contributed by atoms with E-state index in [1.54, 1.807) is 18.5 Å². The molecule has 150 valence electrons. The van der Waals surface area contributed by atoms with Crippen LogP contribution < -0.4 is 10.7 Å². The lowest BCUT2D eigenvalue weighted by Crippen LogP contribution is -2.14. The van der Waals surface area contributed by atoms with Crippen molar-refractivity contribution in [1.29, 1.82) is 0 Å². The number of rotatable bonds is 4. The van der Waals surface area contributed by atoms with Crippen molar-refractivity contribution in [1.82, 2.24) is 14.5 Å². The largest absolute Gasteiger partial charge is 0.341 e. The maximum absolute atomic E-state index is 13.2. The fourth-order valence-electron chi connectivity index (χ4n) is 3.74. The van der Waals surface area contributed by atoms with Gasteiger partial charge in [-0.05, 0) is 43.3 Å². The van der Waals surface area contributed by atoms with Gasteiger partial charge in [-0.1, -0.05) is 42.5 Å². The molecule has 5 heteroatoms. The highest BCUT2D eigenvalue weighted by molar-refractivity contribution is 5.86. The van der Waals surface area contributed by atoms with Gasteiger partial charge in [0.1, 0.15) is 11.5 Å². The molecule has 31 heavy (non-hydrogen) atoms. The molecule has 0 aliphatic rings. The first-order chi connectivity index (χ1) is 15.2. The summed E-state index contributed by atoms with van der Waals surface area (Å²) in [6.45, 7) is 1.96. The third-order valence-corrected chi connectivity index (χ3v) is 5.21. The molecule has 0 aliphatic carbocycles. The summed E-state index contributed by atoms with van der Waals surface area (Å²) in [5, 5.41) is 3.94. The molecule has 0 unspecified atom stereocenters. The summed E-state index contributed by atoms with van der Waals surface area (Å²) >= 11 is 0. The summed E-state index contributed by atoms with van der Waals surface area (Å²) in [4.78, 5) is 22.3. The third kappa shape index (κ3) is 3.57. The van der Waals surface area contributed by atoms with Gasteiger partial charge in [0.05, 0.1) is 5.39 Å². The number of fused-ring (bicyclic) bond motifs is 1. The maximum Gasteiger partial charge on any atom is 0.193 e. The molecule has 5 aromatic rings. The van der Waals surface area contributed by atoms with Crippen molar-refractivity contribution in [2.24, 2.45) is 0 Å². The Morgan fingerprint density at radius 2 is 1.61 bits per heavy atom. The van der Waals surface area contributed by atoms with Crippen molar-refractivity contribution in [3.63, 3.8) is 0 Å². The third-order valence-electron chi connectivity index (χ3n) is 5.21. The fraction of sp³-hybridized carbons (Fsp3) is 0.0385. The molecule has 2 aromatic carbocycles. The van der Waals surface area contributed by atoms with Gasteiger partial charge in [0.15, 0.2) is 5.43 Å². The number of benzene rings is 2. The molecule has 0 saturated carbocycles. The molecule has 0 aliphatic heterocycles. The first-order valence-electron chi connectivity index (χ1n) is 10.1. The molecular formula is C26H20N4O. The molecule has 0 radical (unpaired) electrons. The summed E-state index contributed by atoms with van der Waals surface area (Å²) in [5.41, 5.74) is 5.02. The Labute approximate surface area is 179 Å². The molecule has 0 bridgehead atoms. The first-order valence-corrected chi connectivity index (χ1v) is 10.1. The lowest BCUT2D eigenvalue weighted by Gasteiger charge is -2.19. The Morgan fingerprint density at radius 1 is 0.871 bits per heavy atom. The lowest BCUT2D eigenvalue weighted by molar-refractivity contribution is 1.05. The molecular weight excluding hydrogens is 384 g/mol. The van der Waals surface area contributed by atoms with Crippen LogP contribution in [0, 0.1) is 6.92 Å². The smallest absolute Gasteiger partial charge is 0.193 e. The van der Waals surface area contributed by atoms with E-state index in [2.05, 4.69) is 10.3 Å². The van der Waals surface area contributed by atoms with Crippen molar-refractivity contribution >= 4 is 22.5 Å². The number of hydrogen-bond donors (Lipinski definition) is 1. The van der Waals surface area contributed by atoms with Gasteiger partial charge in [-0.15, -0.1) is 0 Å². The minimum absolute atomic E-state index is 0.0850. The van der Waals surface area contributed by atoms with Crippen molar-refractivity contribution < 1.29 is 0 Å². The van der Waals surface area contributed by atoms with E-state index in [-0.39, 0.29) is 5.43 Å². The highest BCUT2D eigenvalue weighted by Crippen LogP contribution is 2.28. The van der Waals surface area contributed by atoms with Gasteiger partial charge in [-0.2, -0.15) is 0 Å². The van der Waals surface area contributed by atoms with Crippen LogP contribution in [0.4, 0.5) is 11.5 Å². The number of aromatic nitrogens is 3. The van der Waals surface area contributed by atoms with Crippen LogP contribution in [0.3, 0.4) is 0 Å². The zero-order valence-electron chi connectivity index (χ0n) is 17.0. The van der Waals surface area contributed by atoms with Crippen molar-refractivity contribution in [2.75, 3.05) is 5.32 Å². The van der Waals surface area contributed by atoms with Crippen molar-refractivity contribution in [3.05, 3.63) is 113 Å². The highest BCUT2D eigenvalue weighted by Gasteiger charge is 2.15. The van der Waals surface area contributed by atoms with Gasteiger partial charge >= 0.3 is 0 Å². The normalized spacial score (nSPS) is 10.9. The number of nitrogens with zero attached hydrogens (tertiary/aromatic N) is 3. The average Bonchev–Trinajstić information content (AvgIpc) is 2.81. The van der Waals surface area contributed by atoms with Crippen LogP contribution >= 0.6 is 0 Å². The molecule has 1 N–H and O–H groups in total.